The van der Waals surface area contributed by atoms with E-state index in [0.29, 0.717) is 12.5 Å². The van der Waals surface area contributed by atoms with Crippen molar-refractivity contribution < 1.29 is 26.3 Å². The molecule has 7 nitrogen and oxygen atoms in total. The van der Waals surface area contributed by atoms with Crippen molar-refractivity contribution >= 4 is 28.0 Å². The van der Waals surface area contributed by atoms with Gasteiger partial charge in [-0.1, -0.05) is 36.9 Å². The summed E-state index contributed by atoms with van der Waals surface area (Å²) in [4.78, 5) is 12.4. The fraction of sp³-hybridized carbons (Fsp3) is 0.438. The number of esters is 1. The molecular formula is C16H26ClNO6S. The Kier molecular flexibility index (Phi) is 16.5. The van der Waals surface area contributed by atoms with Gasteiger partial charge in [0.15, 0.2) is 0 Å². The van der Waals surface area contributed by atoms with Gasteiger partial charge in [-0.3, -0.25) is 8.37 Å². The van der Waals surface area contributed by atoms with Gasteiger partial charge in [-0.05, 0) is 19.7 Å². The first kappa shape index (κ1) is 25.8. The number of carbonyl (C=O) groups is 1. The highest BCUT2D eigenvalue weighted by Gasteiger charge is 2.01. The third-order valence-corrected chi connectivity index (χ3v) is 3.48. The van der Waals surface area contributed by atoms with E-state index < -0.39 is 10.4 Å². The second-order valence-corrected chi connectivity index (χ2v) is 6.29. The molecule has 0 spiro atoms. The minimum Gasteiger partial charge on any atom is -0.461 e. The van der Waals surface area contributed by atoms with Crippen molar-refractivity contribution in [2.75, 3.05) is 41.5 Å². The Hall–Kier alpha value is -1.45. The van der Waals surface area contributed by atoms with Crippen LogP contribution >= 0.6 is 11.6 Å². The average molecular weight is 396 g/mol. The Labute approximate surface area is 155 Å². The van der Waals surface area contributed by atoms with Crippen LogP contribution in [0, 0.1) is 0 Å². The molecule has 9 heteroatoms. The van der Waals surface area contributed by atoms with E-state index in [1.54, 1.807) is 0 Å². The minimum absolute atomic E-state index is 0.359. The molecule has 0 amide bonds. The Morgan fingerprint density at radius 3 is 2.00 bits per heavy atom. The number of likely N-dealkylation sites (N-methyl/N-ethyl adjacent to an activating group) is 1. The van der Waals surface area contributed by atoms with Gasteiger partial charge >= 0.3 is 16.4 Å². The summed E-state index contributed by atoms with van der Waals surface area (Å²) in [7, 11) is 2.23. The molecule has 0 aliphatic heterocycles. The lowest BCUT2D eigenvalue weighted by Gasteiger charge is -2.07. The van der Waals surface area contributed by atoms with Crippen molar-refractivity contribution in [3.63, 3.8) is 0 Å². The van der Waals surface area contributed by atoms with E-state index in [2.05, 4.69) is 14.9 Å². The molecule has 0 aliphatic rings. The summed E-state index contributed by atoms with van der Waals surface area (Å²) in [5, 5.41) is 0. The van der Waals surface area contributed by atoms with Gasteiger partial charge in [-0.25, -0.2) is 4.79 Å². The van der Waals surface area contributed by atoms with E-state index in [4.69, 9.17) is 16.3 Å². The van der Waals surface area contributed by atoms with Crippen LogP contribution in [0.2, 0.25) is 0 Å². The maximum atomic E-state index is 10.4. The number of hydrogen-bond acceptors (Lipinski definition) is 7. The Morgan fingerprint density at radius 2 is 1.72 bits per heavy atom. The number of benzene rings is 1. The van der Waals surface area contributed by atoms with Crippen molar-refractivity contribution in [1.29, 1.82) is 0 Å². The number of halogens is 1. The second-order valence-electron chi connectivity index (χ2n) is 4.54. The number of carbonyl (C=O) groups excluding carboxylic acids is 1. The summed E-state index contributed by atoms with van der Waals surface area (Å²) in [5.41, 5.74) is 1.18. The molecule has 0 heterocycles. The molecule has 0 aromatic heterocycles. The summed E-state index contributed by atoms with van der Waals surface area (Å²) in [5.74, 6) is 0.253. The van der Waals surface area contributed by atoms with Crippen LogP contribution in [-0.2, 0) is 34.2 Å². The molecule has 0 radical (unpaired) electrons. The van der Waals surface area contributed by atoms with Crippen molar-refractivity contribution in [2.24, 2.45) is 0 Å². The average Bonchev–Trinajstić information content (AvgIpc) is 2.63. The van der Waals surface area contributed by atoms with Crippen LogP contribution in [0.25, 0.3) is 0 Å². The molecule has 1 aromatic rings. The van der Waals surface area contributed by atoms with E-state index in [9.17, 15) is 13.2 Å². The van der Waals surface area contributed by atoms with Gasteiger partial charge in [0.1, 0.15) is 6.61 Å². The zero-order chi connectivity index (χ0) is 19.7. The molecule has 0 unspecified atom stereocenters. The van der Waals surface area contributed by atoms with Crippen LogP contribution in [0.4, 0.5) is 0 Å². The number of hydrogen-bond donors (Lipinski definition) is 0. The van der Waals surface area contributed by atoms with E-state index >= 15 is 0 Å². The molecule has 1 rings (SSSR count). The van der Waals surface area contributed by atoms with Gasteiger partial charge in [0.05, 0.1) is 14.2 Å². The Bertz CT molecular complexity index is 553. The van der Waals surface area contributed by atoms with Crippen molar-refractivity contribution in [1.82, 2.24) is 4.90 Å². The normalized spacial score (nSPS) is 10.0. The van der Waals surface area contributed by atoms with Crippen molar-refractivity contribution in [2.45, 2.75) is 5.88 Å². The summed E-state index contributed by atoms with van der Waals surface area (Å²) in [6.45, 7) is 4.45. The molecule has 0 atom stereocenters. The molecule has 0 fully saturated rings. The number of rotatable bonds is 7. The fourth-order valence-electron chi connectivity index (χ4n) is 1.02. The van der Waals surface area contributed by atoms with E-state index in [1.807, 2.05) is 49.3 Å². The molecular weight excluding hydrogens is 370 g/mol. The van der Waals surface area contributed by atoms with Crippen LogP contribution in [0.5, 0.6) is 0 Å². The number of alkyl halides is 1. The fourth-order valence-corrected chi connectivity index (χ4v) is 1.34. The lowest BCUT2D eigenvalue weighted by Crippen LogP contribution is -2.19. The lowest BCUT2D eigenvalue weighted by atomic mass is 10.2. The van der Waals surface area contributed by atoms with E-state index in [-0.39, 0.29) is 5.97 Å². The van der Waals surface area contributed by atoms with Crippen LogP contribution in [0.1, 0.15) is 5.56 Å². The predicted octanol–water partition coefficient (Wildman–Crippen LogP) is 2.23. The van der Waals surface area contributed by atoms with Gasteiger partial charge in [0, 0.05) is 18.5 Å². The molecule has 144 valence electrons. The SMILES string of the molecule is C=CC(=O)OCCN(C)C.COS(=O)(=O)OC.ClCc1ccccc1. The van der Waals surface area contributed by atoms with Gasteiger partial charge in [0.25, 0.3) is 0 Å². The molecule has 1 aromatic carbocycles. The van der Waals surface area contributed by atoms with Gasteiger partial charge in [0.2, 0.25) is 0 Å². The highest BCUT2D eigenvalue weighted by molar-refractivity contribution is 7.81. The van der Waals surface area contributed by atoms with Gasteiger partial charge in [-0.15, -0.1) is 11.6 Å². The smallest absolute Gasteiger partial charge is 0.399 e. The third-order valence-electron chi connectivity index (χ3n) is 2.35. The molecule has 0 saturated heterocycles. The van der Waals surface area contributed by atoms with Crippen LogP contribution in [0.3, 0.4) is 0 Å². The Balaban J connectivity index is 0. The number of nitrogens with zero attached hydrogens (tertiary/aromatic N) is 1. The topological polar surface area (TPSA) is 82.1 Å². The van der Waals surface area contributed by atoms with Crippen LogP contribution in [0.15, 0.2) is 43.0 Å². The first-order chi connectivity index (χ1) is 11.7. The highest BCUT2D eigenvalue weighted by atomic mass is 35.5. The summed E-state index contributed by atoms with van der Waals surface area (Å²) >= 11 is 5.53. The third kappa shape index (κ3) is 18.7. The zero-order valence-electron chi connectivity index (χ0n) is 15.0. The summed E-state index contributed by atoms with van der Waals surface area (Å²) in [6.07, 6.45) is 1.16. The maximum absolute atomic E-state index is 10.4. The maximum Gasteiger partial charge on any atom is 0.399 e. The monoisotopic (exact) mass is 395 g/mol. The molecule has 0 bridgehead atoms. The largest absolute Gasteiger partial charge is 0.461 e. The zero-order valence-corrected chi connectivity index (χ0v) is 16.5. The molecule has 0 saturated carbocycles. The summed E-state index contributed by atoms with van der Waals surface area (Å²) in [6, 6.07) is 9.96. The van der Waals surface area contributed by atoms with Gasteiger partial charge < -0.3 is 9.64 Å². The van der Waals surface area contributed by atoms with Crippen LogP contribution < -0.4 is 0 Å². The van der Waals surface area contributed by atoms with E-state index in [1.165, 1.54) is 5.56 Å². The Morgan fingerprint density at radius 1 is 1.20 bits per heavy atom. The first-order valence-corrected chi connectivity index (χ1v) is 8.99. The van der Waals surface area contributed by atoms with Crippen molar-refractivity contribution in [3.8, 4) is 0 Å². The first-order valence-electron chi connectivity index (χ1n) is 7.12. The molecule has 0 N–H and O–H groups in total. The number of ether oxygens (including phenoxy) is 1. The van der Waals surface area contributed by atoms with Crippen molar-refractivity contribution in [3.05, 3.63) is 48.6 Å². The standard InChI is InChI=1S/C7H7Cl.C7H13NO2.C2H6O4S/c8-6-7-4-2-1-3-5-7;1-4-7(9)10-6-5-8(2)3;1-5-7(3,4)6-2/h1-5H,6H2;4H,1,5-6H2,2-3H3;1-2H3. The lowest BCUT2D eigenvalue weighted by molar-refractivity contribution is -0.137. The second kappa shape index (κ2) is 16.0. The quantitative estimate of drug-likeness (QED) is 0.397. The minimum atomic E-state index is -3.66. The summed E-state index contributed by atoms with van der Waals surface area (Å²) < 4.78 is 32.2. The molecule has 25 heavy (non-hydrogen) atoms. The predicted molar refractivity (Wildman–Crippen MR) is 98.6 cm³/mol. The highest BCUT2D eigenvalue weighted by Crippen LogP contribution is 2.00. The van der Waals surface area contributed by atoms with Crippen LogP contribution in [-0.4, -0.2) is 60.8 Å². The van der Waals surface area contributed by atoms with E-state index in [0.717, 1.165) is 26.8 Å². The van der Waals surface area contributed by atoms with Gasteiger partial charge in [-0.2, -0.15) is 8.42 Å². The molecule has 0 aliphatic carbocycles.